The van der Waals surface area contributed by atoms with Crippen molar-refractivity contribution in [3.8, 4) is 0 Å². The van der Waals surface area contributed by atoms with E-state index in [1.807, 2.05) is 80.6 Å². The Bertz CT molecular complexity index is 908. The summed E-state index contributed by atoms with van der Waals surface area (Å²) < 4.78 is 0. The quantitative estimate of drug-likeness (QED) is 0.540. The van der Waals surface area contributed by atoms with Gasteiger partial charge in [-0.2, -0.15) is 0 Å². The van der Waals surface area contributed by atoms with Crippen LogP contribution in [0.15, 0.2) is 78.9 Å². The molecule has 31 heavy (non-hydrogen) atoms. The molecule has 0 saturated carbocycles. The van der Waals surface area contributed by atoms with Crippen molar-refractivity contribution in [3.63, 3.8) is 0 Å². The van der Waals surface area contributed by atoms with Crippen molar-refractivity contribution in [2.45, 2.75) is 13.8 Å². The average Bonchev–Trinajstić information content (AvgIpc) is 2.72. The Morgan fingerprint density at radius 1 is 0.742 bits per heavy atom. The summed E-state index contributed by atoms with van der Waals surface area (Å²) in [5.41, 5.74) is 8.97. The molecule has 2 aromatic carbocycles. The molecule has 160 valence electrons. The standard InChI is InChI=1S/2C9H8O2.C6H9N3/c2*10-9(11)7-6-8-4-2-1-3-5-8;1-4-3-5(2)9-6(7)8-4/h2*1-7H,(H,10,11);3H,1-2H3,(H2,7,8,9)/b2*7-6+;. The molecular weight excluding hydrogens is 394 g/mol. The zero-order valence-electron chi connectivity index (χ0n) is 17.3. The smallest absolute Gasteiger partial charge is 0.328 e. The molecule has 0 fully saturated rings. The van der Waals surface area contributed by atoms with E-state index in [0.29, 0.717) is 5.95 Å². The van der Waals surface area contributed by atoms with Crippen LogP contribution in [-0.4, -0.2) is 32.1 Å². The van der Waals surface area contributed by atoms with Crippen LogP contribution in [0, 0.1) is 13.8 Å². The summed E-state index contributed by atoms with van der Waals surface area (Å²) in [6.45, 7) is 3.79. The van der Waals surface area contributed by atoms with Crippen molar-refractivity contribution in [1.29, 1.82) is 0 Å². The first-order valence-electron chi connectivity index (χ1n) is 9.26. The Kier molecular flexibility index (Phi) is 11.1. The number of carbonyl (C=O) groups is 2. The summed E-state index contributed by atoms with van der Waals surface area (Å²) in [6, 6.07) is 20.5. The van der Waals surface area contributed by atoms with Gasteiger partial charge >= 0.3 is 11.9 Å². The largest absolute Gasteiger partial charge is 0.478 e. The number of benzene rings is 2. The Morgan fingerprint density at radius 2 is 1.10 bits per heavy atom. The number of hydrogen-bond acceptors (Lipinski definition) is 5. The van der Waals surface area contributed by atoms with E-state index < -0.39 is 11.9 Å². The molecule has 0 amide bonds. The molecule has 4 N–H and O–H groups in total. The number of aryl methyl sites for hydroxylation is 2. The first-order chi connectivity index (χ1) is 14.8. The lowest BCUT2D eigenvalue weighted by Gasteiger charge is -1.94. The van der Waals surface area contributed by atoms with Crippen molar-refractivity contribution >= 4 is 30.0 Å². The Morgan fingerprint density at radius 3 is 1.39 bits per heavy atom. The molecule has 3 aromatic rings. The van der Waals surface area contributed by atoms with Crippen LogP contribution in [0.1, 0.15) is 22.5 Å². The molecule has 7 nitrogen and oxygen atoms in total. The van der Waals surface area contributed by atoms with Gasteiger partial charge < -0.3 is 15.9 Å². The lowest BCUT2D eigenvalue weighted by molar-refractivity contribution is -0.132. The molecule has 0 aliphatic rings. The summed E-state index contributed by atoms with van der Waals surface area (Å²) in [6.07, 6.45) is 5.36. The molecule has 1 heterocycles. The van der Waals surface area contributed by atoms with Gasteiger partial charge in [0.15, 0.2) is 0 Å². The molecule has 3 rings (SSSR count). The predicted octanol–water partition coefficient (Wildman–Crippen LogP) is 4.24. The van der Waals surface area contributed by atoms with E-state index in [0.717, 1.165) is 34.7 Å². The number of rotatable bonds is 4. The van der Waals surface area contributed by atoms with Crippen molar-refractivity contribution in [2.24, 2.45) is 0 Å². The van der Waals surface area contributed by atoms with E-state index in [1.165, 1.54) is 0 Å². The second-order valence-corrected chi connectivity index (χ2v) is 6.17. The van der Waals surface area contributed by atoms with Crippen LogP contribution >= 0.6 is 0 Å². The van der Waals surface area contributed by atoms with Gasteiger partial charge in [0.2, 0.25) is 5.95 Å². The topological polar surface area (TPSA) is 126 Å². The van der Waals surface area contributed by atoms with Gasteiger partial charge in [0.1, 0.15) is 0 Å². The van der Waals surface area contributed by atoms with E-state index in [1.54, 1.807) is 12.2 Å². The van der Waals surface area contributed by atoms with Crippen LogP contribution in [0.3, 0.4) is 0 Å². The number of hydrogen-bond donors (Lipinski definition) is 3. The number of nitrogen functional groups attached to an aromatic ring is 1. The third kappa shape index (κ3) is 12.7. The fourth-order valence-electron chi connectivity index (χ4n) is 2.22. The van der Waals surface area contributed by atoms with Crippen LogP contribution in [-0.2, 0) is 9.59 Å². The summed E-state index contributed by atoms with van der Waals surface area (Å²) in [5.74, 6) is -1.49. The minimum atomic E-state index is -0.922. The molecule has 0 aliphatic heterocycles. The highest BCUT2D eigenvalue weighted by Gasteiger charge is 1.91. The van der Waals surface area contributed by atoms with Crippen molar-refractivity contribution in [3.05, 3.63) is 101 Å². The van der Waals surface area contributed by atoms with E-state index in [9.17, 15) is 9.59 Å². The van der Waals surface area contributed by atoms with Gasteiger partial charge in [0.25, 0.3) is 0 Å². The Balaban J connectivity index is 0.000000234. The minimum Gasteiger partial charge on any atom is -0.478 e. The summed E-state index contributed by atoms with van der Waals surface area (Å²) in [4.78, 5) is 28.0. The second kappa shape index (κ2) is 13.8. The molecule has 0 unspecified atom stereocenters. The maximum atomic E-state index is 10.1. The highest BCUT2D eigenvalue weighted by atomic mass is 16.4. The van der Waals surface area contributed by atoms with Crippen LogP contribution < -0.4 is 5.73 Å². The third-order valence-electron chi connectivity index (χ3n) is 3.44. The zero-order chi connectivity index (χ0) is 23.1. The number of nitrogens with two attached hydrogens (primary N) is 1. The van der Waals surface area contributed by atoms with Crippen LogP contribution in [0.2, 0.25) is 0 Å². The van der Waals surface area contributed by atoms with Gasteiger partial charge in [0, 0.05) is 23.5 Å². The summed E-state index contributed by atoms with van der Waals surface area (Å²) >= 11 is 0. The van der Waals surface area contributed by atoms with Crippen LogP contribution in [0.5, 0.6) is 0 Å². The van der Waals surface area contributed by atoms with E-state index in [2.05, 4.69) is 9.97 Å². The van der Waals surface area contributed by atoms with E-state index >= 15 is 0 Å². The first kappa shape index (κ1) is 24.8. The number of carboxylic acid groups (broad SMARTS) is 2. The van der Waals surface area contributed by atoms with Crippen molar-refractivity contribution in [1.82, 2.24) is 9.97 Å². The maximum Gasteiger partial charge on any atom is 0.328 e. The normalized spacial score (nSPS) is 10.0. The summed E-state index contributed by atoms with van der Waals surface area (Å²) in [7, 11) is 0. The zero-order valence-corrected chi connectivity index (χ0v) is 17.3. The molecule has 0 saturated heterocycles. The highest BCUT2D eigenvalue weighted by Crippen LogP contribution is 2.01. The first-order valence-corrected chi connectivity index (χ1v) is 9.26. The molecule has 0 bridgehead atoms. The Hall–Kier alpha value is -4.26. The van der Waals surface area contributed by atoms with Gasteiger partial charge in [-0.15, -0.1) is 0 Å². The molecule has 0 aliphatic carbocycles. The lowest BCUT2D eigenvalue weighted by atomic mass is 10.2. The van der Waals surface area contributed by atoms with Gasteiger partial charge in [0.05, 0.1) is 0 Å². The fraction of sp³-hybridized carbons (Fsp3) is 0.0833. The Labute approximate surface area is 181 Å². The SMILES string of the molecule is Cc1cc(C)nc(N)n1.O=C(O)/C=C/c1ccccc1.O=C(O)/C=C/c1ccccc1. The number of carboxylic acids is 2. The fourth-order valence-corrected chi connectivity index (χ4v) is 2.22. The predicted molar refractivity (Wildman–Crippen MR) is 122 cm³/mol. The summed E-state index contributed by atoms with van der Waals surface area (Å²) in [5, 5.41) is 16.6. The monoisotopic (exact) mass is 419 g/mol. The van der Waals surface area contributed by atoms with E-state index in [4.69, 9.17) is 15.9 Å². The third-order valence-corrected chi connectivity index (χ3v) is 3.44. The van der Waals surface area contributed by atoms with E-state index in [-0.39, 0.29) is 0 Å². The van der Waals surface area contributed by atoms with Crippen molar-refractivity contribution < 1.29 is 19.8 Å². The lowest BCUT2D eigenvalue weighted by Crippen LogP contribution is -1.97. The van der Waals surface area contributed by atoms with Gasteiger partial charge in [-0.3, -0.25) is 0 Å². The van der Waals surface area contributed by atoms with Crippen LogP contribution in [0.25, 0.3) is 12.2 Å². The van der Waals surface area contributed by atoms with Crippen LogP contribution in [0.4, 0.5) is 5.95 Å². The van der Waals surface area contributed by atoms with Gasteiger partial charge in [-0.1, -0.05) is 60.7 Å². The van der Waals surface area contributed by atoms with Gasteiger partial charge in [-0.25, -0.2) is 19.6 Å². The minimum absolute atomic E-state index is 0.354. The average molecular weight is 419 g/mol. The molecule has 1 aromatic heterocycles. The van der Waals surface area contributed by atoms with Gasteiger partial charge in [-0.05, 0) is 43.2 Å². The molecule has 7 heteroatoms. The second-order valence-electron chi connectivity index (χ2n) is 6.17. The molecule has 0 radical (unpaired) electrons. The number of aromatic nitrogens is 2. The molecule has 0 spiro atoms. The highest BCUT2D eigenvalue weighted by molar-refractivity contribution is 5.85. The maximum absolute atomic E-state index is 10.1. The number of nitrogens with zero attached hydrogens (tertiary/aromatic N) is 2. The molecule has 0 atom stereocenters. The number of anilines is 1. The number of aliphatic carboxylic acids is 2. The van der Waals surface area contributed by atoms with Crippen molar-refractivity contribution in [2.75, 3.05) is 5.73 Å². The molecular formula is C24H25N3O4.